The van der Waals surface area contributed by atoms with Crippen LogP contribution in [0.25, 0.3) is 6.08 Å². The van der Waals surface area contributed by atoms with Crippen molar-refractivity contribution in [3.8, 4) is 0 Å². The second kappa shape index (κ2) is 5.65. The molecular weight excluding hydrogens is 298 g/mol. The molecule has 21 heavy (non-hydrogen) atoms. The first-order valence-corrected chi connectivity index (χ1v) is 6.40. The van der Waals surface area contributed by atoms with Crippen LogP contribution in [0.4, 0.5) is 20.5 Å². The van der Waals surface area contributed by atoms with Crippen molar-refractivity contribution in [3.63, 3.8) is 0 Å². The molecule has 2 rings (SSSR count). The zero-order chi connectivity index (χ0) is 15.6. The Kier molecular flexibility index (Phi) is 4.09. The average Bonchev–Trinajstić information content (AvgIpc) is 2.37. The van der Waals surface area contributed by atoms with E-state index in [4.69, 9.17) is 23.1 Å². The van der Waals surface area contributed by atoms with Crippen LogP contribution in [0.5, 0.6) is 0 Å². The third-order valence-corrected chi connectivity index (χ3v) is 3.12. The van der Waals surface area contributed by atoms with Crippen molar-refractivity contribution >= 4 is 29.4 Å². The fraction of sp³-hybridized carbons (Fsp3) is 0.143. The number of allylic oxidation sites excluding steroid dienone is 1. The number of rotatable bonds is 3. The summed E-state index contributed by atoms with van der Waals surface area (Å²) in [6.07, 6.45) is 1.94. The highest BCUT2D eigenvalue weighted by atomic mass is 35.5. The number of hydrogen-bond acceptors (Lipinski definition) is 4. The lowest BCUT2D eigenvalue weighted by atomic mass is 10.1. The van der Waals surface area contributed by atoms with Crippen LogP contribution in [0.1, 0.15) is 16.8 Å². The first kappa shape index (κ1) is 15.2. The fourth-order valence-electron chi connectivity index (χ4n) is 1.79. The second-order valence-corrected chi connectivity index (χ2v) is 4.87. The lowest BCUT2D eigenvalue weighted by Gasteiger charge is -2.12. The van der Waals surface area contributed by atoms with Crippen molar-refractivity contribution in [2.24, 2.45) is 0 Å². The summed E-state index contributed by atoms with van der Waals surface area (Å²) in [5.74, 6) is -3.10. The van der Waals surface area contributed by atoms with E-state index in [2.05, 4.69) is 9.97 Å². The van der Waals surface area contributed by atoms with Crippen molar-refractivity contribution in [1.82, 2.24) is 9.97 Å². The van der Waals surface area contributed by atoms with Gasteiger partial charge in [-0.15, -0.1) is 0 Å². The van der Waals surface area contributed by atoms with Crippen LogP contribution >= 0.6 is 11.6 Å². The minimum Gasteiger partial charge on any atom is -0.383 e. The highest BCUT2D eigenvalue weighted by Gasteiger charge is 2.27. The molecule has 1 heterocycles. The van der Waals surface area contributed by atoms with Crippen LogP contribution in [0.2, 0.25) is 5.02 Å². The molecule has 0 fully saturated rings. The zero-order valence-corrected chi connectivity index (χ0v) is 11.9. The standard InChI is InChI=1S/C14H13ClF2N4/c1-8-11(12(18)21-13(19)20-8)6-7-14(16,17)9-2-4-10(15)5-3-9/h2-7H,1H3,(H4,18,19,20,21)/b7-6-. The summed E-state index contributed by atoms with van der Waals surface area (Å²) in [6.45, 7) is 1.62. The molecule has 0 spiro atoms. The molecule has 1 aromatic heterocycles. The smallest absolute Gasteiger partial charge is 0.292 e. The van der Waals surface area contributed by atoms with Gasteiger partial charge in [-0.25, -0.2) is 4.98 Å². The summed E-state index contributed by atoms with van der Waals surface area (Å²) < 4.78 is 28.2. The van der Waals surface area contributed by atoms with E-state index in [0.29, 0.717) is 16.3 Å². The van der Waals surface area contributed by atoms with Gasteiger partial charge in [0.2, 0.25) is 5.95 Å². The Hall–Kier alpha value is -2.21. The number of hydrogen-bond donors (Lipinski definition) is 2. The van der Waals surface area contributed by atoms with Crippen molar-refractivity contribution in [1.29, 1.82) is 0 Å². The maximum atomic E-state index is 14.1. The molecule has 0 aliphatic heterocycles. The van der Waals surface area contributed by atoms with Crippen molar-refractivity contribution in [3.05, 3.63) is 52.2 Å². The number of nitrogens with two attached hydrogens (primary N) is 2. The number of halogens is 3. The topological polar surface area (TPSA) is 77.8 Å². The summed E-state index contributed by atoms with van der Waals surface area (Å²) in [7, 11) is 0. The second-order valence-electron chi connectivity index (χ2n) is 4.43. The van der Waals surface area contributed by atoms with Gasteiger partial charge in [0.1, 0.15) is 5.82 Å². The van der Waals surface area contributed by atoms with Crippen LogP contribution < -0.4 is 11.5 Å². The zero-order valence-electron chi connectivity index (χ0n) is 11.1. The first-order valence-electron chi connectivity index (χ1n) is 6.02. The van der Waals surface area contributed by atoms with E-state index >= 15 is 0 Å². The Morgan fingerprint density at radius 1 is 1.14 bits per heavy atom. The van der Waals surface area contributed by atoms with Gasteiger partial charge in [0.25, 0.3) is 5.92 Å². The molecule has 4 nitrogen and oxygen atoms in total. The predicted molar refractivity (Wildman–Crippen MR) is 80.0 cm³/mol. The Bertz CT molecular complexity index is 661. The summed E-state index contributed by atoms with van der Waals surface area (Å²) in [5.41, 5.74) is 11.7. The maximum Gasteiger partial charge on any atom is 0.292 e. The van der Waals surface area contributed by atoms with Crippen molar-refractivity contribution in [2.75, 3.05) is 11.5 Å². The lowest BCUT2D eigenvalue weighted by molar-refractivity contribution is 0.0531. The first-order chi connectivity index (χ1) is 9.79. The SMILES string of the molecule is Cc1nc(N)nc(N)c1/C=C\C(F)(F)c1ccc(Cl)cc1. The Balaban J connectivity index is 2.34. The number of aromatic nitrogens is 2. The number of benzene rings is 1. The number of anilines is 2. The number of alkyl halides is 2. The molecule has 0 aliphatic carbocycles. The van der Waals surface area contributed by atoms with E-state index < -0.39 is 5.92 Å². The van der Waals surface area contributed by atoms with Gasteiger partial charge in [-0.05, 0) is 31.2 Å². The third-order valence-electron chi connectivity index (χ3n) is 2.87. The summed E-state index contributed by atoms with van der Waals surface area (Å²) >= 11 is 5.68. The molecule has 0 bridgehead atoms. The van der Waals surface area contributed by atoms with E-state index in [0.717, 1.165) is 6.08 Å². The van der Waals surface area contributed by atoms with E-state index in [1.54, 1.807) is 6.92 Å². The Morgan fingerprint density at radius 3 is 2.33 bits per heavy atom. The number of aryl methyl sites for hydroxylation is 1. The van der Waals surface area contributed by atoms with Gasteiger partial charge >= 0.3 is 0 Å². The fourth-order valence-corrected chi connectivity index (χ4v) is 1.91. The molecule has 110 valence electrons. The van der Waals surface area contributed by atoms with E-state index in [9.17, 15) is 8.78 Å². The van der Waals surface area contributed by atoms with Crippen LogP contribution in [-0.2, 0) is 5.92 Å². The Morgan fingerprint density at radius 2 is 1.76 bits per heavy atom. The quantitative estimate of drug-likeness (QED) is 0.910. The molecule has 2 aromatic rings. The molecular formula is C14H13ClF2N4. The van der Waals surface area contributed by atoms with Crippen molar-refractivity contribution in [2.45, 2.75) is 12.8 Å². The predicted octanol–water partition coefficient (Wildman–Crippen LogP) is 3.41. The summed E-state index contributed by atoms with van der Waals surface area (Å²) in [4.78, 5) is 7.64. The largest absolute Gasteiger partial charge is 0.383 e. The molecule has 0 saturated carbocycles. The molecule has 0 saturated heterocycles. The monoisotopic (exact) mass is 310 g/mol. The summed E-state index contributed by atoms with van der Waals surface area (Å²) in [5, 5.41) is 0.394. The van der Waals surface area contributed by atoms with Crippen LogP contribution in [0.15, 0.2) is 30.3 Å². The van der Waals surface area contributed by atoms with Gasteiger partial charge in [-0.3, -0.25) is 0 Å². The highest BCUT2D eigenvalue weighted by Crippen LogP contribution is 2.31. The normalized spacial score (nSPS) is 12.0. The molecule has 7 heteroatoms. The Labute approximate surface area is 125 Å². The van der Waals surface area contributed by atoms with Crippen LogP contribution in [0, 0.1) is 6.92 Å². The molecule has 0 aliphatic rings. The third kappa shape index (κ3) is 3.46. The molecule has 0 radical (unpaired) electrons. The van der Waals surface area contributed by atoms with Crippen molar-refractivity contribution < 1.29 is 8.78 Å². The van der Waals surface area contributed by atoms with Gasteiger partial charge in [0, 0.05) is 16.1 Å². The number of nitrogen functional groups attached to an aromatic ring is 2. The van der Waals surface area contributed by atoms with Crippen LogP contribution in [-0.4, -0.2) is 9.97 Å². The van der Waals surface area contributed by atoms with Gasteiger partial charge < -0.3 is 11.5 Å². The minimum atomic E-state index is -3.16. The molecule has 4 N–H and O–H groups in total. The van der Waals surface area contributed by atoms with Gasteiger partial charge in [-0.1, -0.05) is 23.7 Å². The van der Waals surface area contributed by atoms with E-state index in [-0.39, 0.29) is 17.3 Å². The van der Waals surface area contributed by atoms with Gasteiger partial charge in [0.15, 0.2) is 0 Å². The minimum absolute atomic E-state index is 0.00612. The average molecular weight is 311 g/mol. The highest BCUT2D eigenvalue weighted by molar-refractivity contribution is 6.30. The lowest BCUT2D eigenvalue weighted by Crippen LogP contribution is -2.10. The van der Waals surface area contributed by atoms with Gasteiger partial charge in [-0.2, -0.15) is 13.8 Å². The molecule has 1 aromatic carbocycles. The molecule has 0 atom stereocenters. The van der Waals surface area contributed by atoms with Gasteiger partial charge in [0.05, 0.1) is 5.69 Å². The molecule has 0 amide bonds. The van der Waals surface area contributed by atoms with Crippen LogP contribution in [0.3, 0.4) is 0 Å². The maximum absolute atomic E-state index is 14.1. The summed E-state index contributed by atoms with van der Waals surface area (Å²) in [6, 6.07) is 5.35. The molecule has 0 unspecified atom stereocenters. The number of nitrogens with zero attached hydrogens (tertiary/aromatic N) is 2. The van der Waals surface area contributed by atoms with E-state index in [1.807, 2.05) is 0 Å². The van der Waals surface area contributed by atoms with E-state index in [1.165, 1.54) is 30.3 Å².